The molecule has 7 nitrogen and oxygen atoms in total. The van der Waals surface area contributed by atoms with Crippen molar-refractivity contribution in [2.45, 2.75) is 39.2 Å². The number of anilines is 1. The summed E-state index contributed by atoms with van der Waals surface area (Å²) in [5.74, 6) is 2.27. The molecule has 0 spiro atoms. The summed E-state index contributed by atoms with van der Waals surface area (Å²) in [5.41, 5.74) is 3.04. The first-order valence-corrected chi connectivity index (χ1v) is 12.9. The van der Waals surface area contributed by atoms with Gasteiger partial charge in [0.15, 0.2) is 6.61 Å². The number of carbonyl (C=O) groups excluding carboxylic acids is 1. The van der Waals surface area contributed by atoms with E-state index in [0.717, 1.165) is 47.5 Å². The Bertz CT molecular complexity index is 1300. The zero-order chi connectivity index (χ0) is 25.2. The summed E-state index contributed by atoms with van der Waals surface area (Å²) in [4.78, 5) is 29.9. The molecule has 0 radical (unpaired) electrons. The number of pyridine rings is 1. The third-order valence-corrected chi connectivity index (χ3v) is 7.30. The molecular formula is C29H35N3O4. The number of para-hydroxylation sites is 2. The van der Waals surface area contributed by atoms with Gasteiger partial charge in [0.05, 0.1) is 18.3 Å². The van der Waals surface area contributed by atoms with Gasteiger partial charge in [-0.3, -0.25) is 9.59 Å². The zero-order valence-corrected chi connectivity index (χ0v) is 21.4. The summed E-state index contributed by atoms with van der Waals surface area (Å²) < 4.78 is 13.3. The van der Waals surface area contributed by atoms with E-state index in [0.29, 0.717) is 24.8 Å². The molecule has 7 heteroatoms. The van der Waals surface area contributed by atoms with Crippen LogP contribution in [0.15, 0.2) is 53.3 Å². The Balaban J connectivity index is 1.26. The van der Waals surface area contributed by atoms with Gasteiger partial charge in [0.25, 0.3) is 11.5 Å². The maximum Gasteiger partial charge on any atom is 0.260 e. The van der Waals surface area contributed by atoms with E-state index in [2.05, 4.69) is 18.7 Å². The van der Waals surface area contributed by atoms with Gasteiger partial charge >= 0.3 is 0 Å². The maximum atomic E-state index is 12.9. The Kier molecular flexibility index (Phi) is 6.90. The predicted molar refractivity (Wildman–Crippen MR) is 142 cm³/mol. The second-order valence-corrected chi connectivity index (χ2v) is 10.2. The largest absolute Gasteiger partial charge is 0.495 e. The number of benzene rings is 2. The molecule has 1 aliphatic carbocycles. The lowest BCUT2D eigenvalue weighted by molar-refractivity contribution is -0.133. The number of piperazine rings is 1. The third kappa shape index (κ3) is 5.06. The number of fused-ring (bicyclic) bond motifs is 1. The fourth-order valence-electron chi connectivity index (χ4n) is 5.02. The smallest absolute Gasteiger partial charge is 0.260 e. The molecule has 3 aromatic rings. The first-order valence-electron chi connectivity index (χ1n) is 12.9. The highest BCUT2D eigenvalue weighted by molar-refractivity contribution is 5.85. The van der Waals surface area contributed by atoms with Crippen molar-refractivity contribution in [2.24, 2.45) is 5.92 Å². The van der Waals surface area contributed by atoms with Crippen molar-refractivity contribution in [1.29, 1.82) is 0 Å². The maximum absolute atomic E-state index is 12.9. The van der Waals surface area contributed by atoms with E-state index in [4.69, 9.17) is 9.47 Å². The second-order valence-electron chi connectivity index (χ2n) is 10.2. The van der Waals surface area contributed by atoms with Crippen LogP contribution in [0.4, 0.5) is 5.69 Å². The lowest BCUT2D eigenvalue weighted by Crippen LogP contribution is -2.50. The molecule has 190 valence electrons. The van der Waals surface area contributed by atoms with E-state index in [-0.39, 0.29) is 24.0 Å². The van der Waals surface area contributed by atoms with Gasteiger partial charge in [0.2, 0.25) is 0 Å². The second kappa shape index (κ2) is 10.2. The standard InChI is InChI=1S/C29H35N3O4/c1-20(2)24-17-28(33)32(18-21-8-9-21)26-16-22(10-11-23(24)26)36-19-29(34)31-14-12-30(13-15-31)25-6-4-5-7-27(25)35-3/h4-7,10-11,16-17,20-21H,8-9,12-15,18-19H2,1-3H3. The van der Waals surface area contributed by atoms with E-state index >= 15 is 0 Å². The average Bonchev–Trinajstić information content (AvgIpc) is 3.73. The zero-order valence-electron chi connectivity index (χ0n) is 21.4. The van der Waals surface area contributed by atoms with Crippen LogP contribution in [0.5, 0.6) is 11.5 Å². The van der Waals surface area contributed by atoms with Crippen LogP contribution in [-0.2, 0) is 11.3 Å². The van der Waals surface area contributed by atoms with E-state index in [9.17, 15) is 9.59 Å². The number of carbonyl (C=O) groups is 1. The molecule has 0 N–H and O–H groups in total. The number of amides is 1. The Morgan fingerprint density at radius 3 is 2.47 bits per heavy atom. The minimum atomic E-state index is -0.0268. The Hall–Kier alpha value is -3.48. The topological polar surface area (TPSA) is 64.0 Å². The SMILES string of the molecule is COc1ccccc1N1CCN(C(=O)COc2ccc3c(C(C)C)cc(=O)n(CC4CC4)c3c2)CC1. The summed E-state index contributed by atoms with van der Waals surface area (Å²) in [5, 5.41) is 1.08. The van der Waals surface area contributed by atoms with E-state index in [1.165, 1.54) is 12.8 Å². The minimum Gasteiger partial charge on any atom is -0.495 e. The normalized spacial score (nSPS) is 16.0. The fraction of sp³-hybridized carbons (Fsp3) is 0.448. The molecule has 1 amide bonds. The first-order chi connectivity index (χ1) is 17.4. The van der Waals surface area contributed by atoms with Crippen molar-refractivity contribution in [3.05, 3.63) is 64.4 Å². The van der Waals surface area contributed by atoms with Crippen LogP contribution < -0.4 is 19.9 Å². The summed E-state index contributed by atoms with van der Waals surface area (Å²) in [6.45, 7) is 7.70. The molecule has 2 aromatic carbocycles. The molecule has 1 aromatic heterocycles. The highest BCUT2D eigenvalue weighted by Gasteiger charge is 2.25. The van der Waals surface area contributed by atoms with Gasteiger partial charge in [0.1, 0.15) is 11.5 Å². The van der Waals surface area contributed by atoms with Crippen molar-refractivity contribution in [1.82, 2.24) is 9.47 Å². The van der Waals surface area contributed by atoms with Crippen LogP contribution in [-0.4, -0.2) is 55.3 Å². The molecule has 36 heavy (non-hydrogen) atoms. The average molecular weight is 490 g/mol. The van der Waals surface area contributed by atoms with Crippen LogP contribution >= 0.6 is 0 Å². The molecule has 2 fully saturated rings. The molecule has 0 unspecified atom stereocenters. The number of nitrogens with zero attached hydrogens (tertiary/aromatic N) is 3. The van der Waals surface area contributed by atoms with E-state index in [1.54, 1.807) is 13.2 Å². The summed E-state index contributed by atoms with van der Waals surface area (Å²) >= 11 is 0. The van der Waals surface area contributed by atoms with Gasteiger partial charge in [-0.1, -0.05) is 26.0 Å². The molecule has 1 aliphatic heterocycles. The van der Waals surface area contributed by atoms with Gasteiger partial charge in [-0.15, -0.1) is 0 Å². The quantitative estimate of drug-likeness (QED) is 0.473. The number of methoxy groups -OCH3 is 1. The summed E-state index contributed by atoms with van der Waals surface area (Å²) in [6, 6.07) is 15.6. The Morgan fingerprint density at radius 2 is 1.78 bits per heavy atom. The van der Waals surface area contributed by atoms with Crippen molar-refractivity contribution in [3.8, 4) is 11.5 Å². The van der Waals surface area contributed by atoms with Crippen molar-refractivity contribution >= 4 is 22.5 Å². The van der Waals surface area contributed by atoms with Crippen LogP contribution in [0.25, 0.3) is 10.9 Å². The van der Waals surface area contributed by atoms with Crippen molar-refractivity contribution in [2.75, 3.05) is 44.8 Å². The molecule has 1 saturated carbocycles. The number of ether oxygens (including phenoxy) is 2. The third-order valence-electron chi connectivity index (χ3n) is 7.30. The lowest BCUT2D eigenvalue weighted by Gasteiger charge is -2.36. The molecule has 0 bridgehead atoms. The molecule has 5 rings (SSSR count). The number of hydrogen-bond acceptors (Lipinski definition) is 5. The summed E-state index contributed by atoms with van der Waals surface area (Å²) in [6.07, 6.45) is 2.35. The van der Waals surface area contributed by atoms with E-state index < -0.39 is 0 Å². The van der Waals surface area contributed by atoms with Gasteiger partial charge in [-0.25, -0.2) is 0 Å². The fourth-order valence-corrected chi connectivity index (χ4v) is 5.02. The van der Waals surface area contributed by atoms with Crippen LogP contribution in [0, 0.1) is 5.92 Å². The van der Waals surface area contributed by atoms with Crippen molar-refractivity contribution < 1.29 is 14.3 Å². The van der Waals surface area contributed by atoms with Gasteiger partial charge in [-0.2, -0.15) is 0 Å². The van der Waals surface area contributed by atoms with Crippen LogP contribution in [0.2, 0.25) is 0 Å². The number of hydrogen-bond donors (Lipinski definition) is 0. The van der Waals surface area contributed by atoms with Gasteiger partial charge < -0.3 is 23.8 Å². The Morgan fingerprint density at radius 1 is 1.03 bits per heavy atom. The minimum absolute atomic E-state index is 0.0170. The number of rotatable bonds is 8. The first kappa shape index (κ1) is 24.2. The summed E-state index contributed by atoms with van der Waals surface area (Å²) in [7, 11) is 1.68. The van der Waals surface area contributed by atoms with E-state index in [1.807, 2.05) is 51.9 Å². The Labute approximate surface area is 212 Å². The molecule has 0 atom stereocenters. The predicted octanol–water partition coefficient (Wildman–Crippen LogP) is 4.27. The highest BCUT2D eigenvalue weighted by Crippen LogP contribution is 2.33. The van der Waals surface area contributed by atoms with Crippen molar-refractivity contribution in [3.63, 3.8) is 0 Å². The van der Waals surface area contributed by atoms with Gasteiger partial charge in [-0.05, 0) is 54.5 Å². The van der Waals surface area contributed by atoms with Crippen LogP contribution in [0.3, 0.4) is 0 Å². The molecule has 2 aliphatic rings. The highest BCUT2D eigenvalue weighted by atomic mass is 16.5. The lowest BCUT2D eigenvalue weighted by atomic mass is 9.98. The molecule has 1 saturated heterocycles. The number of aromatic nitrogens is 1. The molecule has 2 heterocycles. The van der Waals surface area contributed by atoms with Gasteiger partial charge in [0, 0.05) is 50.2 Å². The monoisotopic (exact) mass is 489 g/mol. The molecular weight excluding hydrogens is 454 g/mol. The van der Waals surface area contributed by atoms with Crippen LogP contribution in [0.1, 0.15) is 38.2 Å².